The number of hydrogen-bond acceptors (Lipinski definition) is 5. The van der Waals surface area contributed by atoms with E-state index in [9.17, 15) is 9.59 Å². The molecular formula is C15H15N3O3. The molecule has 3 rings (SSSR count). The van der Waals surface area contributed by atoms with Gasteiger partial charge in [0.05, 0.1) is 12.1 Å². The summed E-state index contributed by atoms with van der Waals surface area (Å²) in [5, 5.41) is 3.99. The van der Waals surface area contributed by atoms with E-state index >= 15 is 0 Å². The second-order valence-electron chi connectivity index (χ2n) is 4.81. The highest BCUT2D eigenvalue weighted by molar-refractivity contribution is 5.98. The molecule has 21 heavy (non-hydrogen) atoms. The van der Waals surface area contributed by atoms with Crippen LogP contribution in [-0.2, 0) is 20.9 Å². The predicted molar refractivity (Wildman–Crippen MR) is 77.7 cm³/mol. The number of hydrogen-bond donors (Lipinski definition) is 1. The number of rotatable bonds is 3. The third-order valence-corrected chi connectivity index (χ3v) is 3.42. The zero-order chi connectivity index (χ0) is 14.8. The van der Waals surface area contributed by atoms with Crippen molar-refractivity contribution in [2.24, 2.45) is 0 Å². The van der Waals surface area contributed by atoms with Gasteiger partial charge < -0.3 is 10.1 Å². The SMILES string of the molecule is CNc1nc2ccccc2cc1CN1C(=O)COCC1=O. The van der Waals surface area contributed by atoms with Crippen LogP contribution in [0.3, 0.4) is 0 Å². The minimum absolute atomic E-state index is 0.0539. The molecule has 2 heterocycles. The molecule has 108 valence electrons. The van der Waals surface area contributed by atoms with Gasteiger partial charge in [0.15, 0.2) is 0 Å². The minimum atomic E-state index is -0.318. The maximum atomic E-state index is 11.8. The third kappa shape index (κ3) is 2.57. The van der Waals surface area contributed by atoms with Crippen LogP contribution in [0.15, 0.2) is 30.3 Å². The number of carbonyl (C=O) groups excluding carboxylic acids is 2. The zero-order valence-electron chi connectivity index (χ0n) is 11.6. The first-order chi connectivity index (χ1) is 10.2. The number of fused-ring (bicyclic) bond motifs is 1. The van der Waals surface area contributed by atoms with Crippen LogP contribution >= 0.6 is 0 Å². The van der Waals surface area contributed by atoms with Crippen molar-refractivity contribution < 1.29 is 14.3 Å². The molecule has 0 unspecified atom stereocenters. The van der Waals surface area contributed by atoms with E-state index in [0.29, 0.717) is 5.82 Å². The standard InChI is InChI=1S/C15H15N3O3/c1-16-15-11(6-10-4-2-3-5-12(10)17-15)7-18-13(19)8-21-9-14(18)20/h2-6H,7-9H2,1H3,(H,16,17). The summed E-state index contributed by atoms with van der Waals surface area (Å²) in [7, 11) is 1.77. The van der Waals surface area contributed by atoms with E-state index in [-0.39, 0.29) is 31.6 Å². The van der Waals surface area contributed by atoms with Crippen LogP contribution in [0.5, 0.6) is 0 Å². The van der Waals surface area contributed by atoms with Crippen LogP contribution in [0, 0.1) is 0 Å². The van der Waals surface area contributed by atoms with Gasteiger partial charge in [-0.05, 0) is 12.1 Å². The Labute approximate surface area is 121 Å². The third-order valence-electron chi connectivity index (χ3n) is 3.42. The van der Waals surface area contributed by atoms with Crippen LogP contribution in [-0.4, -0.2) is 42.0 Å². The molecule has 1 saturated heterocycles. The monoisotopic (exact) mass is 285 g/mol. The van der Waals surface area contributed by atoms with Gasteiger partial charge in [0.2, 0.25) is 0 Å². The summed E-state index contributed by atoms with van der Waals surface area (Å²) in [4.78, 5) is 29.4. The number of carbonyl (C=O) groups is 2. The molecule has 0 radical (unpaired) electrons. The molecule has 1 aliphatic rings. The Morgan fingerprint density at radius 2 is 1.95 bits per heavy atom. The molecule has 0 atom stereocenters. The van der Waals surface area contributed by atoms with E-state index < -0.39 is 0 Å². The summed E-state index contributed by atoms with van der Waals surface area (Å²) in [5.74, 6) is 0.0312. The number of morpholine rings is 1. The van der Waals surface area contributed by atoms with E-state index in [1.165, 1.54) is 4.90 Å². The number of nitrogens with one attached hydrogen (secondary N) is 1. The van der Waals surface area contributed by atoms with Crippen LogP contribution in [0.2, 0.25) is 0 Å². The Bertz CT molecular complexity index is 698. The van der Waals surface area contributed by atoms with Gasteiger partial charge in [0.25, 0.3) is 11.8 Å². The lowest BCUT2D eigenvalue weighted by molar-refractivity contribution is -0.159. The molecule has 2 amide bonds. The summed E-state index contributed by atoms with van der Waals surface area (Å²) in [5.41, 5.74) is 1.67. The lowest BCUT2D eigenvalue weighted by atomic mass is 10.1. The lowest BCUT2D eigenvalue weighted by Gasteiger charge is -2.25. The van der Waals surface area contributed by atoms with E-state index in [2.05, 4.69) is 10.3 Å². The first-order valence-electron chi connectivity index (χ1n) is 6.66. The van der Waals surface area contributed by atoms with Crippen molar-refractivity contribution in [1.29, 1.82) is 0 Å². The smallest absolute Gasteiger partial charge is 0.255 e. The van der Waals surface area contributed by atoms with Gasteiger partial charge in [-0.2, -0.15) is 0 Å². The molecular weight excluding hydrogens is 270 g/mol. The molecule has 1 aromatic heterocycles. The highest BCUT2D eigenvalue weighted by atomic mass is 16.5. The zero-order valence-corrected chi connectivity index (χ0v) is 11.6. The number of amides is 2. The van der Waals surface area contributed by atoms with Gasteiger partial charge in [0, 0.05) is 18.0 Å². The number of ether oxygens (including phenoxy) is 1. The Balaban J connectivity index is 1.98. The molecule has 0 saturated carbocycles. The van der Waals surface area contributed by atoms with Gasteiger partial charge in [-0.1, -0.05) is 18.2 Å². The van der Waals surface area contributed by atoms with Gasteiger partial charge in [0.1, 0.15) is 19.0 Å². The molecule has 1 N–H and O–H groups in total. The Morgan fingerprint density at radius 1 is 1.24 bits per heavy atom. The first-order valence-corrected chi connectivity index (χ1v) is 6.66. The Hall–Kier alpha value is -2.47. The molecule has 0 aliphatic carbocycles. The highest BCUT2D eigenvalue weighted by Crippen LogP contribution is 2.22. The molecule has 1 fully saturated rings. The van der Waals surface area contributed by atoms with Crippen molar-refractivity contribution in [3.05, 3.63) is 35.9 Å². The topological polar surface area (TPSA) is 71.5 Å². The molecule has 2 aromatic rings. The lowest BCUT2D eigenvalue weighted by Crippen LogP contribution is -2.45. The molecule has 1 aromatic carbocycles. The maximum absolute atomic E-state index is 11.8. The Morgan fingerprint density at radius 3 is 2.67 bits per heavy atom. The molecule has 6 nitrogen and oxygen atoms in total. The summed E-state index contributed by atoms with van der Waals surface area (Å²) in [6, 6.07) is 9.67. The van der Waals surface area contributed by atoms with E-state index in [0.717, 1.165) is 16.5 Å². The summed E-state index contributed by atoms with van der Waals surface area (Å²) >= 11 is 0. The van der Waals surface area contributed by atoms with Gasteiger partial charge in [-0.15, -0.1) is 0 Å². The second-order valence-corrected chi connectivity index (χ2v) is 4.81. The van der Waals surface area contributed by atoms with Crippen molar-refractivity contribution in [1.82, 2.24) is 9.88 Å². The number of para-hydroxylation sites is 1. The number of pyridine rings is 1. The molecule has 1 aliphatic heterocycles. The van der Waals surface area contributed by atoms with Gasteiger partial charge in [-0.3, -0.25) is 14.5 Å². The molecule has 6 heteroatoms. The summed E-state index contributed by atoms with van der Waals surface area (Å²) in [6.45, 7) is 0.0955. The summed E-state index contributed by atoms with van der Waals surface area (Å²) < 4.78 is 4.92. The summed E-state index contributed by atoms with van der Waals surface area (Å²) in [6.07, 6.45) is 0. The van der Waals surface area contributed by atoms with Crippen molar-refractivity contribution in [3.8, 4) is 0 Å². The number of aromatic nitrogens is 1. The average Bonchev–Trinajstić information content (AvgIpc) is 2.50. The first kappa shape index (κ1) is 13.5. The van der Waals surface area contributed by atoms with Crippen molar-refractivity contribution in [3.63, 3.8) is 0 Å². The Kier molecular flexibility index (Phi) is 3.53. The van der Waals surface area contributed by atoms with E-state index in [4.69, 9.17) is 4.74 Å². The maximum Gasteiger partial charge on any atom is 0.255 e. The minimum Gasteiger partial charge on any atom is -0.373 e. The van der Waals surface area contributed by atoms with Crippen LogP contribution < -0.4 is 5.32 Å². The number of imide groups is 1. The fourth-order valence-corrected chi connectivity index (χ4v) is 2.36. The number of anilines is 1. The number of benzene rings is 1. The van der Waals surface area contributed by atoms with E-state index in [1.54, 1.807) is 7.05 Å². The van der Waals surface area contributed by atoms with Gasteiger partial charge in [-0.25, -0.2) is 4.98 Å². The largest absolute Gasteiger partial charge is 0.373 e. The second kappa shape index (κ2) is 5.49. The average molecular weight is 285 g/mol. The van der Waals surface area contributed by atoms with Crippen molar-refractivity contribution in [2.45, 2.75) is 6.54 Å². The van der Waals surface area contributed by atoms with Gasteiger partial charge >= 0.3 is 0 Å². The predicted octanol–water partition coefficient (Wildman–Crippen LogP) is 1.16. The van der Waals surface area contributed by atoms with Crippen molar-refractivity contribution >= 4 is 28.5 Å². The van der Waals surface area contributed by atoms with Crippen LogP contribution in [0.1, 0.15) is 5.56 Å². The quantitative estimate of drug-likeness (QED) is 0.857. The fraction of sp³-hybridized carbons (Fsp3) is 0.267. The van der Waals surface area contributed by atoms with Crippen molar-refractivity contribution in [2.75, 3.05) is 25.6 Å². The molecule has 0 spiro atoms. The normalized spacial score (nSPS) is 15.6. The molecule has 0 bridgehead atoms. The van der Waals surface area contributed by atoms with Crippen LogP contribution in [0.4, 0.5) is 5.82 Å². The van der Waals surface area contributed by atoms with Crippen LogP contribution in [0.25, 0.3) is 10.9 Å². The fourth-order valence-electron chi connectivity index (χ4n) is 2.36. The number of nitrogens with zero attached hydrogens (tertiary/aromatic N) is 2. The van der Waals surface area contributed by atoms with E-state index in [1.807, 2.05) is 30.3 Å². The highest BCUT2D eigenvalue weighted by Gasteiger charge is 2.27.